The van der Waals surface area contributed by atoms with E-state index in [2.05, 4.69) is 0 Å². The fourth-order valence-corrected chi connectivity index (χ4v) is 1.17. The Morgan fingerprint density at radius 1 is 1.73 bits per heavy atom. The van der Waals surface area contributed by atoms with Crippen molar-refractivity contribution in [1.82, 2.24) is 0 Å². The van der Waals surface area contributed by atoms with Crippen molar-refractivity contribution < 1.29 is 4.79 Å². The molecule has 0 fully saturated rings. The molecule has 1 aliphatic rings. The number of hydrogen-bond acceptors (Lipinski definition) is 2. The highest BCUT2D eigenvalue weighted by atomic mass is 16.1. The van der Waals surface area contributed by atoms with Gasteiger partial charge in [-0.3, -0.25) is 4.79 Å². The van der Waals surface area contributed by atoms with E-state index in [0.29, 0.717) is 6.54 Å². The van der Waals surface area contributed by atoms with Crippen LogP contribution in [0.2, 0.25) is 0 Å². The third-order valence-corrected chi connectivity index (χ3v) is 1.86. The van der Waals surface area contributed by atoms with Crippen LogP contribution in [0.25, 0.3) is 0 Å². The fourth-order valence-electron chi connectivity index (χ4n) is 1.17. The fraction of sp³-hybridized carbons (Fsp3) is 0.444. The molecule has 0 radical (unpaired) electrons. The summed E-state index contributed by atoms with van der Waals surface area (Å²) in [7, 11) is 0. The van der Waals surface area contributed by atoms with Crippen molar-refractivity contribution in [2.45, 2.75) is 19.8 Å². The second-order valence-corrected chi connectivity index (χ2v) is 2.76. The summed E-state index contributed by atoms with van der Waals surface area (Å²) in [6.45, 7) is 2.16. The molecule has 0 unspecified atom stereocenters. The van der Waals surface area contributed by atoms with Crippen LogP contribution in [0.3, 0.4) is 0 Å². The van der Waals surface area contributed by atoms with Crippen LogP contribution in [0.15, 0.2) is 23.3 Å². The van der Waals surface area contributed by atoms with Gasteiger partial charge in [0.2, 0.25) is 0 Å². The van der Waals surface area contributed by atoms with Crippen LogP contribution in [-0.2, 0) is 4.79 Å². The largest absolute Gasteiger partial charge is 0.327 e. The van der Waals surface area contributed by atoms with Crippen LogP contribution in [0.5, 0.6) is 0 Å². The minimum Gasteiger partial charge on any atom is -0.327 e. The van der Waals surface area contributed by atoms with Crippen LogP contribution in [-0.4, -0.2) is 12.3 Å². The van der Waals surface area contributed by atoms with Gasteiger partial charge in [0.1, 0.15) is 0 Å². The van der Waals surface area contributed by atoms with Gasteiger partial charge in [-0.15, -0.1) is 0 Å². The zero-order chi connectivity index (χ0) is 8.27. The first-order valence-corrected chi connectivity index (χ1v) is 3.84. The Morgan fingerprint density at radius 3 is 3.00 bits per heavy atom. The molecule has 2 N–H and O–H groups in total. The molecular formula is C9H13NO. The van der Waals surface area contributed by atoms with Gasteiger partial charge in [0.25, 0.3) is 0 Å². The van der Waals surface area contributed by atoms with Crippen molar-refractivity contribution in [2.24, 2.45) is 5.73 Å². The summed E-state index contributed by atoms with van der Waals surface area (Å²) in [4.78, 5) is 10.9. The molecule has 0 amide bonds. The maximum Gasteiger partial charge on any atom is 0.159 e. The highest BCUT2D eigenvalue weighted by Crippen LogP contribution is 2.16. The van der Waals surface area contributed by atoms with Crippen molar-refractivity contribution in [2.75, 3.05) is 6.54 Å². The van der Waals surface area contributed by atoms with E-state index < -0.39 is 0 Å². The molecule has 0 aromatic carbocycles. The van der Waals surface area contributed by atoms with Gasteiger partial charge in [0, 0.05) is 12.1 Å². The standard InChI is InChI=1S/C9H13NO/c1-7(11)9-4-2-3-8(5-9)6-10/h4-5H,2-3,6,10H2,1H3. The normalized spacial score (nSPS) is 17.3. The molecule has 2 heteroatoms. The number of hydrogen-bond donors (Lipinski definition) is 1. The van der Waals surface area contributed by atoms with E-state index in [0.717, 1.165) is 18.4 Å². The topological polar surface area (TPSA) is 43.1 Å². The number of Topliss-reactive ketones (excluding diaryl/α,β-unsaturated/α-hetero) is 1. The summed E-state index contributed by atoms with van der Waals surface area (Å²) in [5.74, 6) is 0.135. The van der Waals surface area contributed by atoms with Gasteiger partial charge >= 0.3 is 0 Å². The molecule has 0 heterocycles. The van der Waals surface area contributed by atoms with Crippen LogP contribution in [0, 0.1) is 0 Å². The summed E-state index contributed by atoms with van der Waals surface area (Å²) >= 11 is 0. The lowest BCUT2D eigenvalue weighted by atomic mass is 9.98. The van der Waals surface area contributed by atoms with E-state index in [9.17, 15) is 4.79 Å². The molecule has 1 aliphatic carbocycles. The van der Waals surface area contributed by atoms with Gasteiger partial charge in [-0.05, 0) is 19.8 Å². The van der Waals surface area contributed by atoms with Gasteiger partial charge in [0.05, 0.1) is 0 Å². The second kappa shape index (κ2) is 3.49. The summed E-state index contributed by atoms with van der Waals surface area (Å²) in [6, 6.07) is 0. The molecule has 2 nitrogen and oxygen atoms in total. The van der Waals surface area contributed by atoms with Gasteiger partial charge in [-0.25, -0.2) is 0 Å². The highest BCUT2D eigenvalue weighted by molar-refractivity contribution is 5.96. The van der Waals surface area contributed by atoms with Crippen LogP contribution >= 0.6 is 0 Å². The first kappa shape index (κ1) is 8.21. The summed E-state index contributed by atoms with van der Waals surface area (Å²) in [5.41, 5.74) is 7.45. The summed E-state index contributed by atoms with van der Waals surface area (Å²) in [5, 5.41) is 0. The van der Waals surface area contributed by atoms with Crippen molar-refractivity contribution in [3.8, 4) is 0 Å². The van der Waals surface area contributed by atoms with E-state index in [4.69, 9.17) is 5.73 Å². The molecule has 11 heavy (non-hydrogen) atoms. The van der Waals surface area contributed by atoms with E-state index in [1.54, 1.807) is 6.92 Å². The van der Waals surface area contributed by atoms with Crippen LogP contribution < -0.4 is 5.73 Å². The molecule has 0 atom stereocenters. The molecular weight excluding hydrogens is 138 g/mol. The average molecular weight is 151 g/mol. The lowest BCUT2D eigenvalue weighted by molar-refractivity contribution is -0.113. The average Bonchev–Trinajstić information content (AvgIpc) is 2.05. The summed E-state index contributed by atoms with van der Waals surface area (Å²) < 4.78 is 0. The predicted molar refractivity (Wildman–Crippen MR) is 45.1 cm³/mol. The van der Waals surface area contributed by atoms with Crippen molar-refractivity contribution >= 4 is 5.78 Å². The Bertz CT molecular complexity index is 226. The number of ketones is 1. The van der Waals surface area contributed by atoms with Gasteiger partial charge in [-0.1, -0.05) is 17.7 Å². The predicted octanol–water partition coefficient (Wildman–Crippen LogP) is 1.18. The number of carbonyl (C=O) groups is 1. The molecule has 0 saturated heterocycles. The molecule has 60 valence electrons. The molecule has 1 rings (SSSR count). The Kier molecular flexibility index (Phi) is 2.60. The van der Waals surface area contributed by atoms with Crippen molar-refractivity contribution in [3.63, 3.8) is 0 Å². The van der Waals surface area contributed by atoms with Crippen molar-refractivity contribution in [3.05, 3.63) is 23.3 Å². The summed E-state index contributed by atoms with van der Waals surface area (Å²) in [6.07, 6.45) is 5.85. The molecule has 0 bridgehead atoms. The molecule has 0 saturated carbocycles. The highest BCUT2D eigenvalue weighted by Gasteiger charge is 2.06. The lowest BCUT2D eigenvalue weighted by Gasteiger charge is -2.09. The third-order valence-electron chi connectivity index (χ3n) is 1.86. The number of rotatable bonds is 2. The molecule has 0 aromatic rings. The zero-order valence-electron chi connectivity index (χ0n) is 6.76. The zero-order valence-corrected chi connectivity index (χ0v) is 6.76. The Balaban J connectivity index is 2.76. The molecule has 0 spiro atoms. The minimum absolute atomic E-state index is 0.135. The monoisotopic (exact) mass is 151 g/mol. The smallest absolute Gasteiger partial charge is 0.159 e. The SMILES string of the molecule is CC(=O)C1=CCCC(CN)=C1. The number of allylic oxidation sites excluding steroid dienone is 3. The van der Waals surface area contributed by atoms with E-state index in [1.807, 2.05) is 12.2 Å². The quantitative estimate of drug-likeness (QED) is 0.644. The van der Waals surface area contributed by atoms with Crippen molar-refractivity contribution in [1.29, 1.82) is 0 Å². The minimum atomic E-state index is 0.135. The first-order valence-electron chi connectivity index (χ1n) is 3.84. The van der Waals surface area contributed by atoms with Gasteiger partial charge in [-0.2, -0.15) is 0 Å². The number of carbonyl (C=O) groups excluding carboxylic acids is 1. The van der Waals surface area contributed by atoms with E-state index in [1.165, 1.54) is 5.57 Å². The molecule has 0 aliphatic heterocycles. The third kappa shape index (κ3) is 2.02. The number of nitrogens with two attached hydrogens (primary N) is 1. The maximum absolute atomic E-state index is 10.9. The van der Waals surface area contributed by atoms with E-state index in [-0.39, 0.29) is 5.78 Å². The van der Waals surface area contributed by atoms with Gasteiger partial charge in [0.15, 0.2) is 5.78 Å². The first-order chi connectivity index (χ1) is 5.24. The maximum atomic E-state index is 10.9. The lowest BCUT2D eigenvalue weighted by Crippen LogP contribution is -2.07. The Hall–Kier alpha value is -0.890. The van der Waals surface area contributed by atoms with Crippen LogP contribution in [0.4, 0.5) is 0 Å². The molecule has 0 aromatic heterocycles. The second-order valence-electron chi connectivity index (χ2n) is 2.76. The van der Waals surface area contributed by atoms with Crippen LogP contribution in [0.1, 0.15) is 19.8 Å². The Morgan fingerprint density at radius 2 is 2.45 bits per heavy atom. The Labute approximate surface area is 66.8 Å². The van der Waals surface area contributed by atoms with E-state index >= 15 is 0 Å². The van der Waals surface area contributed by atoms with Gasteiger partial charge < -0.3 is 5.73 Å².